The van der Waals surface area contributed by atoms with Crippen LogP contribution in [-0.2, 0) is 0 Å². The van der Waals surface area contributed by atoms with E-state index in [2.05, 4.69) is 22.7 Å². The van der Waals surface area contributed by atoms with Gasteiger partial charge in [-0.05, 0) is 24.4 Å². The molecule has 0 fully saturated rings. The van der Waals surface area contributed by atoms with Gasteiger partial charge in [0.15, 0.2) is 10.9 Å². The van der Waals surface area contributed by atoms with Gasteiger partial charge in [0, 0.05) is 0 Å². The molecule has 0 saturated heterocycles. The van der Waals surface area contributed by atoms with Crippen LogP contribution < -0.4 is 11.2 Å². The van der Waals surface area contributed by atoms with Crippen LogP contribution >= 0.6 is 35.4 Å². The molecule has 1 aromatic rings. The minimum Gasteiger partial charge on any atom is -0.375 e. The second-order valence-electron chi connectivity index (χ2n) is 2.49. The van der Waals surface area contributed by atoms with Gasteiger partial charge in [-0.1, -0.05) is 23.2 Å². The lowest BCUT2D eigenvalue weighted by Gasteiger charge is -2.01. The number of rotatable bonds is 2. The normalized spacial score (nSPS) is 10.6. The van der Waals surface area contributed by atoms with Gasteiger partial charge in [-0.3, -0.25) is 5.43 Å². The number of benzene rings is 1. The average molecular weight is 266 g/mol. The molecular formula is C8H6Cl2FN3S. The van der Waals surface area contributed by atoms with Crippen LogP contribution in [0.4, 0.5) is 4.39 Å². The van der Waals surface area contributed by atoms with Crippen molar-refractivity contribution in [1.82, 2.24) is 5.43 Å². The molecule has 0 aliphatic carbocycles. The summed E-state index contributed by atoms with van der Waals surface area (Å²) in [6.45, 7) is 0. The predicted molar refractivity (Wildman–Crippen MR) is 63.9 cm³/mol. The van der Waals surface area contributed by atoms with E-state index in [0.29, 0.717) is 0 Å². The third kappa shape index (κ3) is 3.30. The predicted octanol–water partition coefficient (Wildman–Crippen LogP) is 2.30. The van der Waals surface area contributed by atoms with Crippen LogP contribution in [0.25, 0.3) is 0 Å². The summed E-state index contributed by atoms with van der Waals surface area (Å²) in [5.74, 6) is -0.641. The van der Waals surface area contributed by atoms with Crippen molar-refractivity contribution in [2.24, 2.45) is 10.8 Å². The first-order valence-electron chi connectivity index (χ1n) is 3.74. The fourth-order valence-corrected chi connectivity index (χ4v) is 1.23. The van der Waals surface area contributed by atoms with Crippen molar-refractivity contribution in [1.29, 1.82) is 0 Å². The van der Waals surface area contributed by atoms with Crippen LogP contribution in [0.3, 0.4) is 0 Å². The molecule has 0 aromatic heterocycles. The highest BCUT2D eigenvalue weighted by Gasteiger charge is 2.08. The molecule has 80 valence electrons. The topological polar surface area (TPSA) is 50.4 Å². The number of hydrogen-bond donors (Lipinski definition) is 2. The molecule has 3 N–H and O–H groups in total. The van der Waals surface area contributed by atoms with E-state index < -0.39 is 5.82 Å². The minimum atomic E-state index is -0.641. The maximum absolute atomic E-state index is 13.4. The lowest BCUT2D eigenvalue weighted by Crippen LogP contribution is -2.24. The van der Waals surface area contributed by atoms with E-state index in [1.165, 1.54) is 12.1 Å². The van der Waals surface area contributed by atoms with Crippen molar-refractivity contribution in [2.75, 3.05) is 0 Å². The quantitative estimate of drug-likeness (QED) is 0.374. The maximum atomic E-state index is 13.4. The van der Waals surface area contributed by atoms with Crippen LogP contribution in [0.15, 0.2) is 17.2 Å². The van der Waals surface area contributed by atoms with Gasteiger partial charge in [0.05, 0.1) is 21.8 Å². The molecule has 7 heteroatoms. The maximum Gasteiger partial charge on any atom is 0.184 e. The smallest absolute Gasteiger partial charge is 0.184 e. The van der Waals surface area contributed by atoms with Gasteiger partial charge >= 0.3 is 0 Å². The Balaban J connectivity index is 2.98. The molecular weight excluding hydrogens is 260 g/mol. The zero-order chi connectivity index (χ0) is 11.4. The molecule has 0 saturated carbocycles. The van der Waals surface area contributed by atoms with Crippen molar-refractivity contribution < 1.29 is 4.39 Å². The molecule has 0 radical (unpaired) electrons. The summed E-state index contributed by atoms with van der Waals surface area (Å²) in [6, 6.07) is 2.83. The molecule has 0 bridgehead atoms. The summed E-state index contributed by atoms with van der Waals surface area (Å²) in [5, 5.41) is 3.72. The largest absolute Gasteiger partial charge is 0.375 e. The molecule has 0 aliphatic rings. The van der Waals surface area contributed by atoms with E-state index in [1.54, 1.807) is 0 Å². The number of hydrazone groups is 1. The molecule has 1 rings (SSSR count). The van der Waals surface area contributed by atoms with Crippen molar-refractivity contribution in [3.63, 3.8) is 0 Å². The van der Waals surface area contributed by atoms with Gasteiger partial charge < -0.3 is 5.73 Å². The first kappa shape index (κ1) is 12.2. The van der Waals surface area contributed by atoms with Crippen molar-refractivity contribution in [3.05, 3.63) is 33.6 Å². The standard InChI is InChI=1S/C8H6Cl2FN3S/c9-5-1-2-6(10)7(11)4(5)3-13-14-8(12)15/h1-3H,(H3,12,14,15). The molecule has 1 aromatic carbocycles. The highest BCUT2D eigenvalue weighted by atomic mass is 35.5. The summed E-state index contributed by atoms with van der Waals surface area (Å²) >= 11 is 15.8. The van der Waals surface area contributed by atoms with Crippen molar-refractivity contribution in [2.45, 2.75) is 0 Å². The number of nitrogens with one attached hydrogen (secondary N) is 1. The number of halogens is 3. The van der Waals surface area contributed by atoms with Crippen LogP contribution in [0.2, 0.25) is 10.0 Å². The Morgan fingerprint density at radius 2 is 2.07 bits per heavy atom. The third-order valence-corrected chi connectivity index (χ3v) is 2.16. The Hall–Kier alpha value is -0.910. The summed E-state index contributed by atoms with van der Waals surface area (Å²) in [6.07, 6.45) is 1.16. The Morgan fingerprint density at radius 1 is 1.47 bits per heavy atom. The van der Waals surface area contributed by atoms with Gasteiger partial charge in [0.25, 0.3) is 0 Å². The van der Waals surface area contributed by atoms with Gasteiger partial charge in [-0.15, -0.1) is 0 Å². The molecule has 15 heavy (non-hydrogen) atoms. The van der Waals surface area contributed by atoms with Crippen LogP contribution in [0.1, 0.15) is 5.56 Å². The van der Waals surface area contributed by atoms with E-state index in [0.717, 1.165) is 6.21 Å². The fourth-order valence-electron chi connectivity index (χ4n) is 0.822. The summed E-state index contributed by atoms with van der Waals surface area (Å²) < 4.78 is 13.4. The zero-order valence-corrected chi connectivity index (χ0v) is 9.63. The first-order valence-corrected chi connectivity index (χ1v) is 4.91. The molecule has 0 unspecified atom stereocenters. The molecule has 0 heterocycles. The third-order valence-electron chi connectivity index (χ3n) is 1.45. The Morgan fingerprint density at radius 3 is 2.67 bits per heavy atom. The van der Waals surface area contributed by atoms with E-state index in [9.17, 15) is 4.39 Å². The van der Waals surface area contributed by atoms with Gasteiger partial charge in [0.2, 0.25) is 0 Å². The SMILES string of the molecule is NC(=S)NN=Cc1c(Cl)ccc(Cl)c1F. The molecule has 0 amide bonds. The second-order valence-corrected chi connectivity index (χ2v) is 3.75. The molecule has 0 spiro atoms. The number of thiocarbonyl (C=S) groups is 1. The second kappa shape index (κ2) is 5.25. The number of nitrogens with zero attached hydrogens (tertiary/aromatic N) is 1. The number of hydrogen-bond acceptors (Lipinski definition) is 2. The van der Waals surface area contributed by atoms with E-state index >= 15 is 0 Å². The lowest BCUT2D eigenvalue weighted by atomic mass is 10.2. The highest BCUT2D eigenvalue weighted by Crippen LogP contribution is 2.23. The first-order chi connectivity index (χ1) is 7.02. The number of nitrogens with two attached hydrogens (primary N) is 1. The van der Waals surface area contributed by atoms with Crippen LogP contribution in [0, 0.1) is 5.82 Å². The average Bonchev–Trinajstić information content (AvgIpc) is 2.17. The van der Waals surface area contributed by atoms with Gasteiger partial charge in [-0.2, -0.15) is 5.10 Å². The lowest BCUT2D eigenvalue weighted by molar-refractivity contribution is 0.626. The van der Waals surface area contributed by atoms with E-state index in [-0.39, 0.29) is 20.7 Å². The molecule has 3 nitrogen and oxygen atoms in total. The summed E-state index contributed by atoms with van der Waals surface area (Å²) in [4.78, 5) is 0. The van der Waals surface area contributed by atoms with Gasteiger partial charge in [0.1, 0.15) is 0 Å². The van der Waals surface area contributed by atoms with Crippen molar-refractivity contribution in [3.8, 4) is 0 Å². The highest BCUT2D eigenvalue weighted by molar-refractivity contribution is 7.80. The van der Waals surface area contributed by atoms with Crippen LogP contribution in [-0.4, -0.2) is 11.3 Å². The minimum absolute atomic E-state index is 0.0233. The Bertz CT molecular complexity index is 423. The molecule has 0 atom stereocenters. The van der Waals surface area contributed by atoms with E-state index in [4.69, 9.17) is 28.9 Å². The van der Waals surface area contributed by atoms with Gasteiger partial charge in [-0.25, -0.2) is 4.39 Å². The summed E-state index contributed by atoms with van der Waals surface area (Å²) in [5.41, 5.74) is 7.47. The Labute approximate surface area is 101 Å². The fraction of sp³-hybridized carbons (Fsp3) is 0. The zero-order valence-electron chi connectivity index (χ0n) is 7.30. The Kier molecular flexibility index (Phi) is 4.26. The van der Waals surface area contributed by atoms with E-state index in [1.807, 2.05) is 0 Å². The monoisotopic (exact) mass is 265 g/mol. The van der Waals surface area contributed by atoms with Crippen LogP contribution in [0.5, 0.6) is 0 Å². The molecule has 0 aliphatic heterocycles. The van der Waals surface area contributed by atoms with Crippen molar-refractivity contribution >= 4 is 46.7 Å². The summed E-state index contributed by atoms with van der Waals surface area (Å²) in [7, 11) is 0.